The molecule has 4 aromatic rings. The van der Waals surface area contributed by atoms with E-state index in [9.17, 15) is 12.8 Å². The highest BCUT2D eigenvalue weighted by molar-refractivity contribution is 7.91. The van der Waals surface area contributed by atoms with E-state index in [4.69, 9.17) is 27.6 Å². The average Bonchev–Trinajstić information content (AvgIpc) is 3.15. The molecule has 0 atom stereocenters. The van der Waals surface area contributed by atoms with E-state index in [2.05, 4.69) is 10.3 Å². The predicted octanol–water partition coefficient (Wildman–Crippen LogP) is 6.36. The number of hydrogen-bond acceptors (Lipinski definition) is 5. The third-order valence-corrected chi connectivity index (χ3v) is 6.44. The zero-order valence-electron chi connectivity index (χ0n) is 15.1. The minimum absolute atomic E-state index is 0.0257. The molecule has 4 rings (SSSR count). The van der Waals surface area contributed by atoms with Gasteiger partial charge in [-0.1, -0.05) is 35.3 Å². The van der Waals surface area contributed by atoms with Crippen molar-refractivity contribution >= 4 is 44.6 Å². The highest BCUT2D eigenvalue weighted by atomic mass is 35.5. The molecule has 3 aromatic carbocycles. The molecule has 5 nitrogen and oxygen atoms in total. The fraction of sp³-hybridized carbons (Fsp3) is 0. The van der Waals surface area contributed by atoms with E-state index >= 15 is 0 Å². The molecule has 0 radical (unpaired) electrons. The fourth-order valence-electron chi connectivity index (χ4n) is 2.71. The molecule has 9 heteroatoms. The van der Waals surface area contributed by atoms with E-state index in [-0.39, 0.29) is 21.7 Å². The van der Waals surface area contributed by atoms with Gasteiger partial charge in [0.25, 0.3) is 0 Å². The molecule has 0 amide bonds. The first kappa shape index (κ1) is 20.4. The van der Waals surface area contributed by atoms with Crippen LogP contribution in [0.25, 0.3) is 11.5 Å². The van der Waals surface area contributed by atoms with E-state index in [0.717, 1.165) is 12.1 Å². The van der Waals surface area contributed by atoms with Crippen molar-refractivity contribution in [2.75, 3.05) is 5.32 Å². The van der Waals surface area contributed by atoms with Crippen molar-refractivity contribution in [3.8, 4) is 11.5 Å². The SMILES string of the molecule is O=S(=O)(c1ccc(F)cc1)c1nc(-c2ccccc2Cl)oc1Nc1ccc(Cl)cc1. The third-order valence-electron chi connectivity index (χ3n) is 4.18. The molecule has 1 heterocycles. The summed E-state index contributed by atoms with van der Waals surface area (Å²) in [5.41, 5.74) is 0.968. The number of aromatic nitrogens is 1. The lowest BCUT2D eigenvalue weighted by atomic mass is 10.2. The predicted molar refractivity (Wildman–Crippen MR) is 114 cm³/mol. The summed E-state index contributed by atoms with van der Waals surface area (Å²) in [5, 5.41) is 3.44. The van der Waals surface area contributed by atoms with Gasteiger partial charge in [-0.2, -0.15) is 4.98 Å². The standard InChI is InChI=1S/C21H13Cl2FN2O3S/c22-13-5-9-15(10-6-13)25-20-21(30(27,28)16-11-7-14(24)8-12-16)26-19(29-20)17-3-1-2-4-18(17)23/h1-12,25H. The maximum atomic E-state index is 13.3. The van der Waals surface area contributed by atoms with E-state index in [0.29, 0.717) is 21.3 Å². The Morgan fingerprint density at radius 1 is 0.900 bits per heavy atom. The van der Waals surface area contributed by atoms with Crippen molar-refractivity contribution in [3.63, 3.8) is 0 Å². The van der Waals surface area contributed by atoms with Gasteiger partial charge in [0.15, 0.2) is 0 Å². The van der Waals surface area contributed by atoms with E-state index in [1.165, 1.54) is 12.1 Å². The Morgan fingerprint density at radius 3 is 2.23 bits per heavy atom. The van der Waals surface area contributed by atoms with Gasteiger partial charge in [-0.3, -0.25) is 0 Å². The summed E-state index contributed by atoms with van der Waals surface area (Å²) in [4.78, 5) is 4.08. The second-order valence-electron chi connectivity index (χ2n) is 6.22. The van der Waals surface area contributed by atoms with Crippen LogP contribution in [-0.2, 0) is 9.84 Å². The molecular formula is C21H13Cl2FN2O3S. The van der Waals surface area contributed by atoms with Crippen molar-refractivity contribution < 1.29 is 17.2 Å². The van der Waals surface area contributed by atoms with E-state index in [1.54, 1.807) is 48.5 Å². The summed E-state index contributed by atoms with van der Waals surface area (Å²) in [7, 11) is -4.12. The quantitative estimate of drug-likeness (QED) is 0.349. The third kappa shape index (κ3) is 4.05. The van der Waals surface area contributed by atoms with Crippen LogP contribution in [0.3, 0.4) is 0 Å². The molecule has 0 aliphatic heterocycles. The number of rotatable bonds is 5. The molecule has 0 spiro atoms. The second-order valence-corrected chi connectivity index (χ2v) is 8.93. The van der Waals surface area contributed by atoms with Crippen LogP contribution in [0, 0.1) is 5.82 Å². The lowest BCUT2D eigenvalue weighted by Crippen LogP contribution is -2.05. The average molecular weight is 463 g/mol. The lowest BCUT2D eigenvalue weighted by Gasteiger charge is -2.06. The first-order chi connectivity index (χ1) is 14.3. The Labute approximate surface area is 182 Å². The topological polar surface area (TPSA) is 72.2 Å². The maximum absolute atomic E-state index is 13.3. The molecule has 0 aliphatic carbocycles. The maximum Gasteiger partial charge on any atom is 0.238 e. The molecule has 0 saturated carbocycles. The fourth-order valence-corrected chi connectivity index (χ4v) is 4.31. The molecule has 30 heavy (non-hydrogen) atoms. The van der Waals surface area contributed by atoms with Gasteiger partial charge in [-0.05, 0) is 60.7 Å². The Morgan fingerprint density at radius 2 is 1.57 bits per heavy atom. The summed E-state index contributed by atoms with van der Waals surface area (Å²) >= 11 is 12.1. The van der Waals surface area contributed by atoms with Gasteiger partial charge in [-0.15, -0.1) is 0 Å². The van der Waals surface area contributed by atoms with Crippen molar-refractivity contribution in [1.29, 1.82) is 0 Å². The molecule has 152 valence electrons. The molecule has 0 bridgehead atoms. The number of halogens is 3. The number of nitrogens with one attached hydrogen (secondary N) is 1. The Kier molecular flexibility index (Phi) is 5.51. The molecule has 0 unspecified atom stereocenters. The zero-order chi connectivity index (χ0) is 21.3. The number of oxazole rings is 1. The summed E-state index contributed by atoms with van der Waals surface area (Å²) in [6.07, 6.45) is 0. The van der Waals surface area contributed by atoms with Gasteiger partial charge >= 0.3 is 0 Å². The first-order valence-electron chi connectivity index (χ1n) is 8.63. The normalized spacial score (nSPS) is 11.4. The Hall–Kier alpha value is -2.87. The first-order valence-corrected chi connectivity index (χ1v) is 10.9. The molecule has 1 N–H and O–H groups in total. The van der Waals surface area contributed by atoms with Gasteiger partial charge in [0.05, 0.1) is 15.5 Å². The van der Waals surface area contributed by atoms with E-state index < -0.39 is 15.7 Å². The van der Waals surface area contributed by atoms with E-state index in [1.807, 2.05) is 0 Å². The Balaban J connectivity index is 1.85. The Bertz CT molecular complexity index is 1310. The summed E-state index contributed by atoms with van der Waals surface area (Å²) < 4.78 is 45.4. The van der Waals surface area contributed by atoms with Crippen LogP contribution in [0.2, 0.25) is 10.0 Å². The van der Waals surface area contributed by atoms with Crippen LogP contribution >= 0.6 is 23.2 Å². The van der Waals surface area contributed by atoms with Crippen molar-refractivity contribution in [2.45, 2.75) is 9.92 Å². The monoisotopic (exact) mass is 462 g/mol. The van der Waals surface area contributed by atoms with Crippen LogP contribution in [0.1, 0.15) is 0 Å². The highest BCUT2D eigenvalue weighted by Gasteiger charge is 2.29. The van der Waals surface area contributed by atoms with Gasteiger partial charge in [0.1, 0.15) is 5.82 Å². The van der Waals surface area contributed by atoms with Crippen LogP contribution in [0.15, 0.2) is 87.1 Å². The molecule has 0 fully saturated rings. The zero-order valence-corrected chi connectivity index (χ0v) is 17.5. The van der Waals surface area contributed by atoms with Crippen LogP contribution in [0.4, 0.5) is 16.0 Å². The van der Waals surface area contributed by atoms with Crippen LogP contribution in [0.5, 0.6) is 0 Å². The minimum Gasteiger partial charge on any atom is -0.419 e. The summed E-state index contributed by atoms with van der Waals surface area (Å²) in [6.45, 7) is 0. The number of nitrogens with zero attached hydrogens (tertiary/aromatic N) is 1. The number of benzene rings is 3. The van der Waals surface area contributed by atoms with Crippen molar-refractivity contribution in [2.24, 2.45) is 0 Å². The second kappa shape index (κ2) is 8.10. The summed E-state index contributed by atoms with van der Waals surface area (Å²) in [6, 6.07) is 17.8. The molecule has 1 aromatic heterocycles. The minimum atomic E-state index is -4.12. The molecule has 0 saturated heterocycles. The number of anilines is 2. The van der Waals surface area contributed by atoms with Crippen molar-refractivity contribution in [1.82, 2.24) is 4.98 Å². The van der Waals surface area contributed by atoms with Gasteiger partial charge in [0.2, 0.25) is 26.6 Å². The van der Waals surface area contributed by atoms with Crippen LogP contribution < -0.4 is 5.32 Å². The number of sulfone groups is 1. The van der Waals surface area contributed by atoms with Gasteiger partial charge < -0.3 is 9.73 Å². The molecular weight excluding hydrogens is 450 g/mol. The van der Waals surface area contributed by atoms with Gasteiger partial charge in [-0.25, -0.2) is 12.8 Å². The summed E-state index contributed by atoms with van der Waals surface area (Å²) in [5.74, 6) is -0.625. The van der Waals surface area contributed by atoms with Gasteiger partial charge in [0, 0.05) is 10.7 Å². The lowest BCUT2D eigenvalue weighted by molar-refractivity contribution is 0.581. The highest BCUT2D eigenvalue weighted by Crippen LogP contribution is 2.36. The van der Waals surface area contributed by atoms with Crippen LogP contribution in [-0.4, -0.2) is 13.4 Å². The largest absolute Gasteiger partial charge is 0.419 e. The molecule has 0 aliphatic rings. The van der Waals surface area contributed by atoms with Crippen molar-refractivity contribution in [3.05, 3.63) is 88.7 Å². The number of hydrogen-bond donors (Lipinski definition) is 1. The smallest absolute Gasteiger partial charge is 0.238 e.